The SMILES string of the molecule is CC(=O)N(CCC(=O)Nc1c(Cl)cccc1Cl)Cc1ccccn1. The second-order valence-electron chi connectivity index (χ2n) is 5.16. The number of para-hydroxylation sites is 1. The summed E-state index contributed by atoms with van der Waals surface area (Å²) in [5.74, 6) is -0.388. The zero-order valence-electron chi connectivity index (χ0n) is 13.1. The van der Waals surface area contributed by atoms with Gasteiger partial charge >= 0.3 is 0 Å². The number of anilines is 1. The fourth-order valence-corrected chi connectivity index (χ4v) is 2.58. The summed E-state index contributed by atoms with van der Waals surface area (Å²) in [6, 6.07) is 10.5. The molecule has 0 unspecified atom stereocenters. The summed E-state index contributed by atoms with van der Waals surface area (Å²) in [5.41, 5.74) is 1.15. The predicted octanol–water partition coefficient (Wildman–Crippen LogP) is 3.77. The van der Waals surface area contributed by atoms with Crippen molar-refractivity contribution in [3.8, 4) is 0 Å². The van der Waals surface area contributed by atoms with E-state index in [9.17, 15) is 9.59 Å². The number of pyridine rings is 1. The van der Waals surface area contributed by atoms with Crippen LogP contribution in [-0.2, 0) is 16.1 Å². The van der Waals surface area contributed by atoms with Crippen LogP contribution in [0.2, 0.25) is 10.0 Å². The number of rotatable bonds is 6. The zero-order valence-corrected chi connectivity index (χ0v) is 14.6. The van der Waals surface area contributed by atoms with Gasteiger partial charge in [0.05, 0.1) is 28.0 Å². The molecule has 24 heavy (non-hydrogen) atoms. The maximum Gasteiger partial charge on any atom is 0.226 e. The van der Waals surface area contributed by atoms with Crippen LogP contribution in [0.25, 0.3) is 0 Å². The van der Waals surface area contributed by atoms with Gasteiger partial charge in [-0.1, -0.05) is 35.3 Å². The average Bonchev–Trinajstić information content (AvgIpc) is 2.55. The van der Waals surface area contributed by atoms with Crippen molar-refractivity contribution >= 4 is 40.7 Å². The lowest BCUT2D eigenvalue weighted by Crippen LogP contribution is -2.31. The minimum atomic E-state index is -0.266. The van der Waals surface area contributed by atoms with Crippen molar-refractivity contribution in [3.63, 3.8) is 0 Å². The third-order valence-electron chi connectivity index (χ3n) is 3.36. The lowest BCUT2D eigenvalue weighted by Gasteiger charge is -2.20. The van der Waals surface area contributed by atoms with Crippen LogP contribution in [0, 0.1) is 0 Å². The Morgan fingerprint density at radius 2 is 1.83 bits per heavy atom. The van der Waals surface area contributed by atoms with Crippen molar-refractivity contribution in [2.75, 3.05) is 11.9 Å². The van der Waals surface area contributed by atoms with Gasteiger partial charge in [0.2, 0.25) is 11.8 Å². The zero-order chi connectivity index (χ0) is 17.5. The van der Waals surface area contributed by atoms with Crippen LogP contribution < -0.4 is 5.32 Å². The Kier molecular flexibility index (Phi) is 6.58. The van der Waals surface area contributed by atoms with E-state index in [4.69, 9.17) is 23.2 Å². The van der Waals surface area contributed by atoms with Crippen molar-refractivity contribution < 1.29 is 9.59 Å². The molecule has 126 valence electrons. The molecule has 0 aliphatic carbocycles. The first-order valence-corrected chi connectivity index (χ1v) is 8.12. The summed E-state index contributed by atoms with van der Waals surface area (Å²) in [6.45, 7) is 2.10. The minimum absolute atomic E-state index is 0.121. The number of hydrogen-bond acceptors (Lipinski definition) is 3. The van der Waals surface area contributed by atoms with Gasteiger partial charge in [-0.15, -0.1) is 0 Å². The van der Waals surface area contributed by atoms with Gasteiger partial charge in [0, 0.05) is 26.1 Å². The summed E-state index contributed by atoms with van der Waals surface area (Å²) in [7, 11) is 0. The Morgan fingerprint density at radius 1 is 1.12 bits per heavy atom. The van der Waals surface area contributed by atoms with Gasteiger partial charge in [0.25, 0.3) is 0 Å². The molecular formula is C17H17Cl2N3O2. The standard InChI is InChI=1S/C17H17Cl2N3O2/c1-12(23)22(11-13-5-2-3-9-20-13)10-8-16(24)21-17-14(18)6-4-7-15(17)19/h2-7,9H,8,10-11H2,1H3,(H,21,24). The molecule has 0 spiro atoms. The molecule has 2 rings (SSSR count). The second-order valence-corrected chi connectivity index (χ2v) is 5.97. The summed E-state index contributed by atoms with van der Waals surface area (Å²) in [6.07, 6.45) is 1.80. The van der Waals surface area contributed by atoms with Crippen molar-refractivity contribution in [1.29, 1.82) is 0 Å². The van der Waals surface area contributed by atoms with Crippen LogP contribution in [-0.4, -0.2) is 28.2 Å². The topological polar surface area (TPSA) is 62.3 Å². The van der Waals surface area contributed by atoms with Gasteiger partial charge in [-0.3, -0.25) is 14.6 Å². The molecule has 7 heteroatoms. The Hall–Kier alpha value is -2.11. The Bertz CT molecular complexity index is 703. The van der Waals surface area contributed by atoms with E-state index < -0.39 is 0 Å². The lowest BCUT2D eigenvalue weighted by atomic mass is 10.2. The molecule has 1 N–H and O–H groups in total. The van der Waals surface area contributed by atoms with Crippen molar-refractivity contribution in [3.05, 3.63) is 58.3 Å². The number of carbonyl (C=O) groups excluding carboxylic acids is 2. The highest BCUT2D eigenvalue weighted by Gasteiger charge is 2.14. The highest BCUT2D eigenvalue weighted by Crippen LogP contribution is 2.29. The number of aromatic nitrogens is 1. The van der Waals surface area contributed by atoms with E-state index >= 15 is 0 Å². The summed E-state index contributed by atoms with van der Waals surface area (Å²) < 4.78 is 0. The van der Waals surface area contributed by atoms with Crippen molar-refractivity contribution in [2.45, 2.75) is 19.9 Å². The van der Waals surface area contributed by atoms with Crippen LogP contribution in [0.4, 0.5) is 5.69 Å². The van der Waals surface area contributed by atoms with E-state index in [0.717, 1.165) is 5.69 Å². The Morgan fingerprint density at radius 3 is 2.42 bits per heavy atom. The number of nitrogens with zero attached hydrogens (tertiary/aromatic N) is 2. The maximum atomic E-state index is 12.1. The number of nitrogens with one attached hydrogen (secondary N) is 1. The fourth-order valence-electron chi connectivity index (χ4n) is 2.09. The van der Waals surface area contributed by atoms with Gasteiger partial charge in [0.1, 0.15) is 0 Å². The minimum Gasteiger partial charge on any atom is -0.337 e. The molecule has 2 aromatic rings. The van der Waals surface area contributed by atoms with Crippen LogP contribution in [0.15, 0.2) is 42.6 Å². The molecule has 1 aromatic heterocycles. The average molecular weight is 366 g/mol. The molecule has 0 aliphatic rings. The van der Waals surface area contributed by atoms with E-state index in [1.54, 1.807) is 29.3 Å². The smallest absolute Gasteiger partial charge is 0.226 e. The molecule has 1 aromatic carbocycles. The van der Waals surface area contributed by atoms with Gasteiger partial charge < -0.3 is 10.2 Å². The lowest BCUT2D eigenvalue weighted by molar-refractivity contribution is -0.130. The fraction of sp³-hybridized carbons (Fsp3) is 0.235. The van der Waals surface area contributed by atoms with Gasteiger partial charge in [-0.05, 0) is 24.3 Å². The van der Waals surface area contributed by atoms with Crippen LogP contribution in [0.3, 0.4) is 0 Å². The molecule has 1 heterocycles. The monoisotopic (exact) mass is 365 g/mol. The molecule has 0 radical (unpaired) electrons. The van der Waals surface area contributed by atoms with Crippen LogP contribution in [0.1, 0.15) is 19.0 Å². The first-order valence-electron chi connectivity index (χ1n) is 7.36. The number of hydrogen-bond donors (Lipinski definition) is 1. The van der Waals surface area contributed by atoms with E-state index in [-0.39, 0.29) is 24.8 Å². The van der Waals surface area contributed by atoms with Crippen LogP contribution in [0.5, 0.6) is 0 Å². The largest absolute Gasteiger partial charge is 0.337 e. The molecule has 2 amide bonds. The quantitative estimate of drug-likeness (QED) is 0.847. The maximum absolute atomic E-state index is 12.1. The Labute approximate surface area is 150 Å². The summed E-state index contributed by atoms with van der Waals surface area (Å²) in [5, 5.41) is 3.42. The molecule has 0 aliphatic heterocycles. The molecule has 0 fully saturated rings. The molecule has 0 saturated heterocycles. The summed E-state index contributed by atoms with van der Waals surface area (Å²) in [4.78, 5) is 29.6. The van der Waals surface area contributed by atoms with Crippen molar-refractivity contribution in [2.24, 2.45) is 0 Å². The molecular weight excluding hydrogens is 349 g/mol. The molecule has 0 bridgehead atoms. The van der Waals surface area contributed by atoms with Gasteiger partial charge in [-0.25, -0.2) is 0 Å². The first-order chi connectivity index (χ1) is 11.5. The molecule has 5 nitrogen and oxygen atoms in total. The molecule has 0 atom stereocenters. The molecule has 0 saturated carbocycles. The van der Waals surface area contributed by atoms with Crippen molar-refractivity contribution in [1.82, 2.24) is 9.88 Å². The predicted molar refractivity (Wildman–Crippen MR) is 95.0 cm³/mol. The summed E-state index contributed by atoms with van der Waals surface area (Å²) >= 11 is 12.0. The van der Waals surface area contributed by atoms with Gasteiger partial charge in [0.15, 0.2) is 0 Å². The van der Waals surface area contributed by atoms with E-state index in [0.29, 0.717) is 22.3 Å². The van der Waals surface area contributed by atoms with E-state index in [1.165, 1.54) is 6.92 Å². The van der Waals surface area contributed by atoms with Crippen LogP contribution >= 0.6 is 23.2 Å². The van der Waals surface area contributed by atoms with E-state index in [1.807, 2.05) is 18.2 Å². The number of amides is 2. The third kappa shape index (κ3) is 5.22. The number of benzene rings is 1. The highest BCUT2D eigenvalue weighted by molar-refractivity contribution is 6.39. The number of carbonyl (C=O) groups is 2. The van der Waals surface area contributed by atoms with E-state index in [2.05, 4.69) is 10.3 Å². The normalized spacial score (nSPS) is 10.3. The number of halogens is 2. The van der Waals surface area contributed by atoms with Gasteiger partial charge in [-0.2, -0.15) is 0 Å². The Balaban J connectivity index is 1.94. The first kappa shape index (κ1) is 18.2. The second kappa shape index (κ2) is 8.66. The highest BCUT2D eigenvalue weighted by atomic mass is 35.5. The third-order valence-corrected chi connectivity index (χ3v) is 3.99.